The van der Waals surface area contributed by atoms with Gasteiger partial charge in [0, 0.05) is 31.0 Å². The molecular weight excluding hydrogens is 608 g/mol. The molecule has 3 aromatic heterocycles. The van der Waals surface area contributed by atoms with E-state index in [0.717, 1.165) is 48.3 Å². The van der Waals surface area contributed by atoms with Crippen LogP contribution in [0.1, 0.15) is 85.3 Å². The minimum absolute atomic E-state index is 0.0920. The molecule has 3 heterocycles. The number of benzene rings is 1. The Morgan fingerprint density at radius 3 is 2.27 bits per heavy atom. The van der Waals surface area contributed by atoms with E-state index in [2.05, 4.69) is 38.4 Å². The molecule has 12 heteroatoms. The molecule has 4 aromatic rings. The number of carbonyl (C=O) groups is 2. The van der Waals surface area contributed by atoms with Crippen molar-refractivity contribution in [2.75, 3.05) is 17.2 Å². The van der Waals surface area contributed by atoms with Gasteiger partial charge >= 0.3 is 12.2 Å². The summed E-state index contributed by atoms with van der Waals surface area (Å²) in [6.45, 7) is 11.6. The molecular formula is C36H48N8O4. The number of fused-ring (bicyclic) bond motifs is 1. The largest absolute Gasteiger partial charge is 0.444 e. The molecule has 0 bridgehead atoms. The number of amides is 2. The monoisotopic (exact) mass is 656 g/mol. The number of pyridine rings is 1. The van der Waals surface area contributed by atoms with Crippen LogP contribution in [0.3, 0.4) is 0 Å². The van der Waals surface area contributed by atoms with Crippen molar-refractivity contribution < 1.29 is 19.1 Å². The summed E-state index contributed by atoms with van der Waals surface area (Å²) in [4.78, 5) is 38.7. The van der Waals surface area contributed by atoms with Gasteiger partial charge < -0.3 is 30.7 Å². The first-order chi connectivity index (χ1) is 22.8. The maximum Gasteiger partial charge on any atom is 0.407 e. The molecule has 1 atom stereocenters. The lowest BCUT2D eigenvalue weighted by Crippen LogP contribution is -2.42. The molecule has 0 radical (unpaired) electrons. The van der Waals surface area contributed by atoms with Crippen molar-refractivity contribution in [2.45, 2.75) is 103 Å². The third-order valence-electron chi connectivity index (χ3n) is 7.85. The number of carbonyl (C=O) groups excluding carboxylic acids is 2. The number of alkyl carbamates (subject to hydrolysis) is 2. The zero-order valence-corrected chi connectivity index (χ0v) is 28.7. The molecule has 0 aliphatic heterocycles. The normalized spacial score (nSPS) is 17.3. The van der Waals surface area contributed by atoms with Gasteiger partial charge in [0.15, 0.2) is 11.5 Å². The topological polar surface area (TPSA) is 144 Å². The molecule has 256 valence electrons. The third kappa shape index (κ3) is 9.82. The average Bonchev–Trinajstić information content (AvgIpc) is 3.46. The van der Waals surface area contributed by atoms with Crippen molar-refractivity contribution in [2.24, 2.45) is 0 Å². The van der Waals surface area contributed by atoms with E-state index in [4.69, 9.17) is 19.4 Å². The number of nitrogens with zero attached hydrogens (tertiary/aromatic N) is 4. The molecule has 1 aromatic carbocycles. The van der Waals surface area contributed by atoms with Gasteiger partial charge in [0.2, 0.25) is 0 Å². The number of nitrogens with one attached hydrogen (secondary N) is 4. The van der Waals surface area contributed by atoms with Gasteiger partial charge in [0.05, 0.1) is 23.6 Å². The molecule has 2 amide bonds. The Morgan fingerprint density at radius 1 is 0.875 bits per heavy atom. The van der Waals surface area contributed by atoms with Gasteiger partial charge in [-0.05, 0) is 91.3 Å². The van der Waals surface area contributed by atoms with Gasteiger partial charge in [0.1, 0.15) is 17.0 Å². The van der Waals surface area contributed by atoms with Crippen LogP contribution in [0.5, 0.6) is 0 Å². The van der Waals surface area contributed by atoms with Crippen LogP contribution in [-0.2, 0) is 9.47 Å². The zero-order chi connectivity index (χ0) is 34.3. The Morgan fingerprint density at radius 2 is 1.56 bits per heavy atom. The molecule has 1 fully saturated rings. The Hall–Kier alpha value is -4.87. The Kier molecular flexibility index (Phi) is 10.7. The predicted molar refractivity (Wildman–Crippen MR) is 187 cm³/mol. The summed E-state index contributed by atoms with van der Waals surface area (Å²) >= 11 is 0. The van der Waals surface area contributed by atoms with Crippen LogP contribution in [0.25, 0.3) is 17.0 Å². The van der Waals surface area contributed by atoms with Crippen LogP contribution >= 0.6 is 0 Å². The smallest absolute Gasteiger partial charge is 0.407 e. The second kappa shape index (κ2) is 14.9. The van der Waals surface area contributed by atoms with E-state index in [-0.39, 0.29) is 24.2 Å². The maximum atomic E-state index is 12.2. The molecule has 0 saturated heterocycles. The predicted octanol–water partition coefficient (Wildman–Crippen LogP) is 7.11. The number of imidazole rings is 1. The first kappa shape index (κ1) is 34.5. The van der Waals surface area contributed by atoms with Gasteiger partial charge in [0.25, 0.3) is 0 Å². The standard InChI is InChI=1S/C36H48N8O4/c1-35(2,3)47-33(45)38-20-19-27(24-11-8-7-9-12-24)42-30-14-10-13-28(43-30)29-23-39-32-31(37-21-22-44(29)32)40-25-15-17-26(18-16-25)41-34(46)48-36(4,5)6/h7-14,21-23,25-27H,15-20H2,1-6H3,(H,37,40)(H,38,45)(H,41,46)(H,42,43)/t25-,26-,27?. The van der Waals surface area contributed by atoms with Crippen LogP contribution in [0, 0.1) is 0 Å². The summed E-state index contributed by atoms with van der Waals surface area (Å²) in [7, 11) is 0. The minimum Gasteiger partial charge on any atom is -0.444 e. The number of ether oxygens (including phenoxy) is 2. The van der Waals surface area contributed by atoms with E-state index in [1.54, 1.807) is 6.20 Å². The first-order valence-electron chi connectivity index (χ1n) is 16.7. The van der Waals surface area contributed by atoms with Crippen molar-refractivity contribution in [1.29, 1.82) is 0 Å². The van der Waals surface area contributed by atoms with E-state index in [1.165, 1.54) is 0 Å². The molecule has 0 spiro atoms. The van der Waals surface area contributed by atoms with Gasteiger partial charge in [-0.25, -0.2) is 24.5 Å². The fourth-order valence-corrected chi connectivity index (χ4v) is 5.74. The lowest BCUT2D eigenvalue weighted by atomic mass is 9.91. The molecule has 1 saturated carbocycles. The van der Waals surface area contributed by atoms with E-state index in [0.29, 0.717) is 24.6 Å². The van der Waals surface area contributed by atoms with E-state index in [1.807, 2.05) is 94.7 Å². The summed E-state index contributed by atoms with van der Waals surface area (Å²) in [6, 6.07) is 16.2. The minimum atomic E-state index is -0.558. The molecule has 48 heavy (non-hydrogen) atoms. The highest BCUT2D eigenvalue weighted by Gasteiger charge is 2.26. The number of rotatable bonds is 10. The SMILES string of the molecule is CC(C)(C)OC(=O)NCCC(Nc1cccc(-c2cnc3c(N[C@H]4CC[C@H](NC(=O)OC(C)(C)C)CC4)nccn23)n1)c1ccccc1. The highest BCUT2D eigenvalue weighted by Crippen LogP contribution is 2.28. The molecule has 1 aliphatic carbocycles. The van der Waals surface area contributed by atoms with Crippen LogP contribution in [0.4, 0.5) is 21.2 Å². The van der Waals surface area contributed by atoms with E-state index in [9.17, 15) is 9.59 Å². The van der Waals surface area contributed by atoms with Gasteiger partial charge in [-0.15, -0.1) is 0 Å². The summed E-state index contributed by atoms with van der Waals surface area (Å²) in [5.41, 5.74) is 2.33. The number of hydrogen-bond acceptors (Lipinski definition) is 9. The number of hydrogen-bond donors (Lipinski definition) is 4. The van der Waals surface area contributed by atoms with Gasteiger partial charge in [-0.3, -0.25) is 4.40 Å². The third-order valence-corrected chi connectivity index (χ3v) is 7.85. The molecule has 12 nitrogen and oxygen atoms in total. The maximum absolute atomic E-state index is 12.2. The van der Waals surface area contributed by atoms with Crippen molar-refractivity contribution in [3.05, 3.63) is 72.7 Å². The van der Waals surface area contributed by atoms with Crippen molar-refractivity contribution in [3.63, 3.8) is 0 Å². The highest BCUT2D eigenvalue weighted by molar-refractivity contribution is 5.70. The fraction of sp³-hybridized carbons (Fsp3) is 0.472. The quantitative estimate of drug-likeness (QED) is 0.140. The van der Waals surface area contributed by atoms with Crippen molar-refractivity contribution >= 4 is 29.5 Å². The fourth-order valence-electron chi connectivity index (χ4n) is 5.74. The van der Waals surface area contributed by atoms with Crippen molar-refractivity contribution in [3.8, 4) is 11.4 Å². The Bertz CT molecular complexity index is 1670. The Balaban J connectivity index is 1.24. The number of anilines is 2. The summed E-state index contributed by atoms with van der Waals surface area (Å²) in [6.07, 6.45) is 8.78. The first-order valence-corrected chi connectivity index (χ1v) is 16.7. The van der Waals surface area contributed by atoms with Gasteiger partial charge in [-0.1, -0.05) is 36.4 Å². The zero-order valence-electron chi connectivity index (χ0n) is 28.7. The van der Waals surface area contributed by atoms with Crippen molar-refractivity contribution in [1.82, 2.24) is 30.0 Å². The van der Waals surface area contributed by atoms with Crippen LogP contribution in [0.15, 0.2) is 67.1 Å². The lowest BCUT2D eigenvalue weighted by molar-refractivity contribution is 0.0488. The van der Waals surface area contributed by atoms with E-state index < -0.39 is 17.3 Å². The highest BCUT2D eigenvalue weighted by atomic mass is 16.6. The second-order valence-corrected chi connectivity index (χ2v) is 14.2. The van der Waals surface area contributed by atoms with Crippen LogP contribution in [-0.4, -0.2) is 61.4 Å². The molecule has 4 N–H and O–H groups in total. The van der Waals surface area contributed by atoms with Gasteiger partial charge in [-0.2, -0.15) is 0 Å². The number of aromatic nitrogens is 4. The van der Waals surface area contributed by atoms with E-state index >= 15 is 0 Å². The summed E-state index contributed by atoms with van der Waals surface area (Å²) in [5, 5.41) is 13.0. The molecule has 5 rings (SSSR count). The molecule has 1 unspecified atom stereocenters. The lowest BCUT2D eigenvalue weighted by Gasteiger charge is -2.30. The van der Waals surface area contributed by atoms with Crippen LogP contribution < -0.4 is 21.3 Å². The second-order valence-electron chi connectivity index (χ2n) is 14.2. The average molecular weight is 657 g/mol. The summed E-state index contributed by atoms with van der Waals surface area (Å²) < 4.78 is 12.8. The van der Waals surface area contributed by atoms with Crippen LogP contribution in [0.2, 0.25) is 0 Å². The summed E-state index contributed by atoms with van der Waals surface area (Å²) in [5.74, 6) is 1.42. The molecule has 1 aliphatic rings. The Labute approximate surface area is 282 Å².